The number of fused-ring (bicyclic) bond motifs is 1. The molecule has 28 heavy (non-hydrogen) atoms. The molecule has 0 spiro atoms. The summed E-state index contributed by atoms with van der Waals surface area (Å²) in [4.78, 5) is 12.6. The molecule has 0 radical (unpaired) electrons. The maximum Gasteiger partial charge on any atom is 0.240 e. The fourth-order valence-electron chi connectivity index (χ4n) is 3.28. The van der Waals surface area contributed by atoms with Gasteiger partial charge in [0.25, 0.3) is 0 Å². The Bertz CT molecular complexity index is 1240. The lowest BCUT2D eigenvalue weighted by molar-refractivity contribution is 0.450. The molecule has 1 aliphatic rings. The van der Waals surface area contributed by atoms with E-state index in [4.69, 9.17) is 15.3 Å². The van der Waals surface area contributed by atoms with Crippen LogP contribution in [0, 0.1) is 13.8 Å². The number of nitrogens with zero attached hydrogens (tertiary/aromatic N) is 5. The van der Waals surface area contributed by atoms with Gasteiger partial charge in [0.2, 0.25) is 16.0 Å². The van der Waals surface area contributed by atoms with Crippen molar-refractivity contribution in [1.29, 1.82) is 0 Å². The van der Waals surface area contributed by atoms with E-state index in [0.29, 0.717) is 34.1 Å². The van der Waals surface area contributed by atoms with E-state index in [9.17, 15) is 8.42 Å². The summed E-state index contributed by atoms with van der Waals surface area (Å²) in [6.45, 7) is 3.47. The zero-order chi connectivity index (χ0) is 20.1. The number of hydrogen-bond acceptors (Lipinski definition) is 8. The first kappa shape index (κ1) is 18.3. The van der Waals surface area contributed by atoms with E-state index in [0.717, 1.165) is 0 Å². The van der Waals surface area contributed by atoms with E-state index in [2.05, 4.69) is 20.1 Å². The van der Waals surface area contributed by atoms with Gasteiger partial charge < -0.3 is 10.2 Å². The van der Waals surface area contributed by atoms with Gasteiger partial charge in [-0.1, -0.05) is 6.08 Å². The molecule has 0 amide bonds. The first-order chi connectivity index (χ1) is 13.2. The van der Waals surface area contributed by atoms with Crippen LogP contribution in [0.2, 0.25) is 0 Å². The van der Waals surface area contributed by atoms with E-state index in [-0.39, 0.29) is 18.9 Å². The topological polar surface area (TPSA) is 155 Å². The molecule has 0 saturated heterocycles. The Balaban J connectivity index is 1.81. The molecular weight excluding hydrogens is 382 g/mol. The van der Waals surface area contributed by atoms with Crippen molar-refractivity contribution in [2.75, 3.05) is 12.3 Å². The number of nitrogens with two attached hydrogens (primary N) is 2. The Morgan fingerprint density at radius 2 is 2.07 bits per heavy atom. The minimum Gasteiger partial charge on any atom is -0.446 e. The van der Waals surface area contributed by atoms with Crippen molar-refractivity contribution >= 4 is 33.4 Å². The first-order valence-corrected chi connectivity index (χ1v) is 10.0. The molecule has 0 saturated carbocycles. The summed E-state index contributed by atoms with van der Waals surface area (Å²) in [6.07, 6.45) is 4.98. The Kier molecular flexibility index (Phi) is 4.08. The average Bonchev–Trinajstić information content (AvgIpc) is 3.13. The Hall–Kier alpha value is -3.05. The molecule has 4 heterocycles. The van der Waals surface area contributed by atoms with Crippen LogP contribution in [0.1, 0.15) is 22.9 Å². The molecule has 3 aromatic rings. The maximum absolute atomic E-state index is 12.6. The third-order valence-electron chi connectivity index (χ3n) is 4.71. The van der Waals surface area contributed by atoms with Gasteiger partial charge in [0.05, 0.1) is 12.2 Å². The lowest BCUT2D eigenvalue weighted by Gasteiger charge is -2.29. The number of dihydropyridines is 1. The Morgan fingerprint density at radius 1 is 1.29 bits per heavy atom. The van der Waals surface area contributed by atoms with E-state index in [1.807, 2.05) is 0 Å². The summed E-state index contributed by atoms with van der Waals surface area (Å²) in [5.74, 6) is 1.09. The van der Waals surface area contributed by atoms with Gasteiger partial charge >= 0.3 is 0 Å². The molecule has 1 atom stereocenters. The molecule has 1 unspecified atom stereocenters. The normalized spacial score (nSPS) is 19.9. The third kappa shape index (κ3) is 3.08. The number of aromatic nitrogens is 4. The number of sulfonamides is 1. The molecular formula is C17H19N7O3S. The molecule has 146 valence electrons. The molecule has 3 aromatic heterocycles. The number of nitrogen functional groups attached to an aromatic ring is 1. The van der Waals surface area contributed by atoms with Gasteiger partial charge in [0.1, 0.15) is 10.5 Å². The molecule has 4 N–H and O–H groups in total. The number of pyridine rings is 1. The lowest BCUT2D eigenvalue weighted by Crippen LogP contribution is -2.47. The monoisotopic (exact) mass is 401 g/mol. The summed E-state index contributed by atoms with van der Waals surface area (Å²) in [7, 11) is -4.01. The second-order valence-electron chi connectivity index (χ2n) is 6.79. The molecule has 0 aliphatic carbocycles. The quantitative estimate of drug-likeness (QED) is 0.650. The molecule has 1 aliphatic heterocycles. The Labute approximate surface area is 161 Å². The van der Waals surface area contributed by atoms with Crippen LogP contribution in [0.15, 0.2) is 33.8 Å². The van der Waals surface area contributed by atoms with Crippen molar-refractivity contribution in [3.05, 3.63) is 47.3 Å². The molecule has 4 rings (SSSR count). The zero-order valence-electron chi connectivity index (χ0n) is 15.3. The van der Waals surface area contributed by atoms with Crippen molar-refractivity contribution in [1.82, 2.24) is 19.6 Å². The highest BCUT2D eigenvalue weighted by Gasteiger charge is 2.43. The van der Waals surface area contributed by atoms with Crippen LogP contribution in [-0.2, 0) is 16.4 Å². The van der Waals surface area contributed by atoms with Gasteiger partial charge in [-0.3, -0.25) is 4.99 Å². The van der Waals surface area contributed by atoms with Crippen LogP contribution in [-0.4, -0.2) is 45.5 Å². The molecule has 0 fully saturated rings. The van der Waals surface area contributed by atoms with Crippen molar-refractivity contribution in [3.63, 3.8) is 0 Å². The van der Waals surface area contributed by atoms with E-state index >= 15 is 0 Å². The highest BCUT2D eigenvalue weighted by atomic mass is 32.2. The number of aliphatic imine (C=N–C) groups is 1. The number of primary sulfonamides is 1. The fourth-order valence-corrected chi connectivity index (χ4v) is 4.16. The third-order valence-corrected chi connectivity index (χ3v) is 6.24. The number of rotatable bonds is 4. The second-order valence-corrected chi connectivity index (χ2v) is 8.69. The number of aryl methyl sites for hydroxylation is 2. The average molecular weight is 401 g/mol. The molecule has 0 bridgehead atoms. The van der Waals surface area contributed by atoms with Crippen molar-refractivity contribution in [3.8, 4) is 0 Å². The summed E-state index contributed by atoms with van der Waals surface area (Å²) >= 11 is 0. The van der Waals surface area contributed by atoms with Crippen LogP contribution in [0.5, 0.6) is 0 Å². The van der Waals surface area contributed by atoms with Gasteiger partial charge in [-0.15, -0.1) is 5.10 Å². The molecule has 10 nitrogen and oxygen atoms in total. The SMILES string of the molecule is Cc1nc(C)c(CC2(S(N)(=O)=O)C=C(c3ccc4nc(N)nn4c3)C=NC2)o1. The van der Waals surface area contributed by atoms with Gasteiger partial charge in [-0.25, -0.2) is 23.1 Å². The fraction of sp³-hybridized carbons (Fsp3) is 0.294. The minimum atomic E-state index is -4.01. The number of allylic oxidation sites excluding steroid dienone is 1. The number of hydrogen-bond donors (Lipinski definition) is 2. The summed E-state index contributed by atoms with van der Waals surface area (Å²) in [6, 6.07) is 3.54. The predicted octanol–water partition coefficient (Wildman–Crippen LogP) is 0.654. The second kappa shape index (κ2) is 6.24. The van der Waals surface area contributed by atoms with Gasteiger partial charge in [-0.2, -0.15) is 4.98 Å². The van der Waals surface area contributed by atoms with Crippen LogP contribution in [0.3, 0.4) is 0 Å². The smallest absolute Gasteiger partial charge is 0.240 e. The standard InChI is InChI=1S/C17H19N7O3S/c1-10-14(27-11(2)21-10)6-17(28(19,25)26)5-13(7-20-9-17)12-3-4-15-22-16(18)23-24(15)8-12/h3-5,7-8H,6,9H2,1-2H3,(H2,18,23)(H2,19,25,26). The zero-order valence-corrected chi connectivity index (χ0v) is 16.1. The van der Waals surface area contributed by atoms with Crippen LogP contribution >= 0.6 is 0 Å². The van der Waals surface area contributed by atoms with Crippen LogP contribution in [0.25, 0.3) is 11.2 Å². The molecule has 11 heteroatoms. The highest BCUT2D eigenvalue weighted by molar-refractivity contribution is 7.90. The minimum absolute atomic E-state index is 0.00691. The predicted molar refractivity (Wildman–Crippen MR) is 104 cm³/mol. The van der Waals surface area contributed by atoms with Crippen LogP contribution < -0.4 is 10.9 Å². The van der Waals surface area contributed by atoms with Crippen molar-refractivity contribution in [2.45, 2.75) is 25.0 Å². The van der Waals surface area contributed by atoms with Gasteiger partial charge in [0, 0.05) is 31.3 Å². The van der Waals surface area contributed by atoms with Crippen molar-refractivity contribution in [2.24, 2.45) is 10.1 Å². The lowest BCUT2D eigenvalue weighted by atomic mass is 9.94. The van der Waals surface area contributed by atoms with E-state index < -0.39 is 14.8 Å². The van der Waals surface area contributed by atoms with Crippen molar-refractivity contribution < 1.29 is 12.8 Å². The molecule has 0 aromatic carbocycles. The number of anilines is 1. The number of oxazole rings is 1. The summed E-state index contributed by atoms with van der Waals surface area (Å²) in [5.41, 5.74) is 8.15. The van der Waals surface area contributed by atoms with Gasteiger partial charge in [-0.05, 0) is 24.6 Å². The largest absolute Gasteiger partial charge is 0.446 e. The summed E-state index contributed by atoms with van der Waals surface area (Å²) in [5, 5.41) is 9.71. The first-order valence-electron chi connectivity index (χ1n) is 8.47. The van der Waals surface area contributed by atoms with Crippen LogP contribution in [0.4, 0.5) is 5.95 Å². The maximum atomic E-state index is 12.6. The van der Waals surface area contributed by atoms with E-state index in [1.54, 1.807) is 44.5 Å². The summed E-state index contributed by atoms with van der Waals surface area (Å²) < 4.78 is 30.8. The van der Waals surface area contributed by atoms with Gasteiger partial charge in [0.15, 0.2) is 11.5 Å². The Morgan fingerprint density at radius 3 is 2.75 bits per heavy atom. The highest BCUT2D eigenvalue weighted by Crippen LogP contribution is 2.31. The van der Waals surface area contributed by atoms with E-state index in [1.165, 1.54) is 4.52 Å².